The summed E-state index contributed by atoms with van der Waals surface area (Å²) < 4.78 is 8.92. The molecule has 0 amide bonds. The van der Waals surface area contributed by atoms with E-state index in [-0.39, 0.29) is 11.1 Å². The van der Waals surface area contributed by atoms with E-state index < -0.39 is 120 Å². The lowest BCUT2D eigenvalue weighted by Crippen LogP contribution is -2.02. The summed E-state index contributed by atoms with van der Waals surface area (Å²) in [6.45, 7) is 0. The molecule has 19 nitrogen and oxygen atoms in total. The van der Waals surface area contributed by atoms with Gasteiger partial charge in [-0.2, -0.15) is 0 Å². The first kappa shape index (κ1) is 44.7. The number of phenolic OH excluding ortho intramolecular Hbond substituents is 14. The van der Waals surface area contributed by atoms with Gasteiger partial charge in [-0.1, -0.05) is 84.9 Å². The van der Waals surface area contributed by atoms with E-state index in [0.29, 0.717) is 16.4 Å². The number of aromatic hydroxyl groups is 14. The Kier molecular flexibility index (Phi) is 9.20. The maximum atomic E-state index is 11.6. The maximum absolute atomic E-state index is 11.6. The molecule has 0 bridgehead atoms. The third kappa shape index (κ3) is 5.83. The number of rotatable bonds is 6. The maximum Gasteiger partial charge on any atom is 0.208 e. The fraction of sp³-hybridized carbons (Fsp3) is 0. The molecule has 76 heavy (non-hydrogen) atoms. The molecule has 10 aromatic carbocycles. The van der Waals surface area contributed by atoms with Gasteiger partial charge in [-0.3, -0.25) is 0 Å². The quantitative estimate of drug-likeness (QED) is 0.0418. The van der Waals surface area contributed by atoms with Crippen LogP contribution in [0.4, 0.5) is 0 Å². The lowest BCUT2D eigenvalue weighted by Gasteiger charge is -2.18. The molecule has 0 atom stereocenters. The van der Waals surface area contributed by atoms with E-state index >= 15 is 0 Å². The number of nitrogens with zero attached hydrogens (tertiary/aromatic N) is 4. The molecule has 0 fully saturated rings. The van der Waals surface area contributed by atoms with Crippen LogP contribution in [0.2, 0.25) is 0 Å². The Morgan fingerprint density at radius 2 is 0.711 bits per heavy atom. The van der Waals surface area contributed by atoms with Gasteiger partial charge in [-0.25, -0.2) is 15.0 Å². The van der Waals surface area contributed by atoms with Crippen molar-refractivity contribution in [2.75, 3.05) is 0 Å². The second-order valence-electron chi connectivity index (χ2n) is 17.9. The molecule has 0 spiro atoms. The lowest BCUT2D eigenvalue weighted by atomic mass is 9.88. The highest BCUT2D eigenvalue weighted by Crippen LogP contribution is 2.63. The number of hydrogen-bond donors (Lipinski definition) is 14. The summed E-state index contributed by atoms with van der Waals surface area (Å²) in [5.74, 6) is -21.4. The molecule has 372 valence electrons. The number of benzene rings is 10. The molecule has 0 aliphatic rings. The summed E-state index contributed by atoms with van der Waals surface area (Å²) >= 11 is 0. The summed E-state index contributed by atoms with van der Waals surface area (Å²) in [6.07, 6.45) is 0. The lowest BCUT2D eigenvalue weighted by molar-refractivity contribution is 0.329. The molecule has 0 aliphatic heterocycles. The van der Waals surface area contributed by atoms with Gasteiger partial charge in [0.2, 0.25) is 34.5 Å². The number of aromatic nitrogens is 4. The van der Waals surface area contributed by atoms with Crippen molar-refractivity contribution in [3.05, 3.63) is 121 Å². The normalized spacial score (nSPS) is 11.9. The average Bonchev–Trinajstić information content (AvgIpc) is 4.22. The Morgan fingerprint density at radius 1 is 0.289 bits per heavy atom. The smallest absolute Gasteiger partial charge is 0.208 e. The number of hydrogen-bond acceptors (Lipinski definition) is 18. The van der Waals surface area contributed by atoms with Crippen molar-refractivity contribution in [2.45, 2.75) is 0 Å². The monoisotopic (exact) mass is 1010 g/mol. The summed E-state index contributed by atoms with van der Waals surface area (Å²) in [5, 5.41) is 159. The first-order valence-electron chi connectivity index (χ1n) is 22.9. The molecular weight excluding hydrogens is 981 g/mol. The zero-order valence-corrected chi connectivity index (χ0v) is 38.5. The van der Waals surface area contributed by atoms with Crippen LogP contribution < -0.4 is 0 Å². The molecule has 0 radical (unpaired) electrons. The van der Waals surface area contributed by atoms with Gasteiger partial charge in [0.1, 0.15) is 22.3 Å². The zero-order chi connectivity index (χ0) is 52.9. The van der Waals surface area contributed by atoms with Crippen molar-refractivity contribution in [1.82, 2.24) is 19.5 Å². The standard InChI is InChI=1S/C57H34N4O15/c62-40-36(37-42(64)48(70)52(74)49(71)43(37)65)41(63)45(67)38(44(40)66)56-58-55(59-57(60-56)39-46(68)50(72)53(75)51(73)47(39)69)28-16-6-15-27-32-25(14-8-18-31(32)76-54(27)28)26-19-20-30-35-33(26)23-12-5-4-11-22(23)24-13-7-17-29(34(24)35)61(30)21-9-2-1-3-10-21/h1-20,62-75H. The van der Waals surface area contributed by atoms with Crippen LogP contribution in [-0.4, -0.2) is 91.0 Å². The predicted molar refractivity (Wildman–Crippen MR) is 278 cm³/mol. The molecule has 3 aromatic heterocycles. The molecule has 13 rings (SSSR count). The largest absolute Gasteiger partial charge is 0.504 e. The third-order valence-electron chi connectivity index (χ3n) is 14.0. The number of furan rings is 1. The highest BCUT2D eigenvalue weighted by molar-refractivity contribution is 6.37. The molecule has 0 aliphatic carbocycles. The fourth-order valence-electron chi connectivity index (χ4n) is 10.6. The first-order valence-corrected chi connectivity index (χ1v) is 22.9. The Bertz CT molecular complexity index is 4620. The van der Waals surface area contributed by atoms with Gasteiger partial charge in [-0.15, -0.1) is 0 Å². The van der Waals surface area contributed by atoms with Crippen LogP contribution >= 0.6 is 0 Å². The van der Waals surface area contributed by atoms with Gasteiger partial charge in [-0.05, 0) is 63.7 Å². The predicted octanol–water partition coefficient (Wildman–Crippen LogP) is 10.8. The van der Waals surface area contributed by atoms with E-state index in [1.54, 1.807) is 18.2 Å². The van der Waals surface area contributed by atoms with Crippen LogP contribution in [0.1, 0.15) is 0 Å². The molecule has 0 saturated carbocycles. The van der Waals surface area contributed by atoms with Gasteiger partial charge in [0.15, 0.2) is 63.5 Å². The van der Waals surface area contributed by atoms with Crippen molar-refractivity contribution in [2.24, 2.45) is 0 Å². The summed E-state index contributed by atoms with van der Waals surface area (Å²) in [6, 6.07) is 39.3. The van der Waals surface area contributed by atoms with E-state index in [0.717, 1.165) is 60.2 Å². The minimum atomic E-state index is -1.44. The second kappa shape index (κ2) is 15.6. The number of fused-ring (bicyclic) bond motifs is 6. The van der Waals surface area contributed by atoms with Crippen LogP contribution in [0.25, 0.3) is 127 Å². The fourth-order valence-corrected chi connectivity index (χ4v) is 10.6. The van der Waals surface area contributed by atoms with Crippen molar-refractivity contribution in [1.29, 1.82) is 0 Å². The van der Waals surface area contributed by atoms with Crippen LogP contribution in [0, 0.1) is 0 Å². The topological polar surface area (TPSA) is 340 Å². The van der Waals surface area contributed by atoms with Gasteiger partial charge in [0.05, 0.1) is 27.7 Å². The van der Waals surface area contributed by atoms with Crippen LogP contribution in [0.5, 0.6) is 80.5 Å². The van der Waals surface area contributed by atoms with Crippen molar-refractivity contribution in [3.8, 4) is 143 Å². The van der Waals surface area contributed by atoms with E-state index in [2.05, 4.69) is 74.1 Å². The highest BCUT2D eigenvalue weighted by atomic mass is 16.4. The van der Waals surface area contributed by atoms with E-state index in [1.165, 1.54) is 6.07 Å². The Labute approximate surface area is 423 Å². The van der Waals surface area contributed by atoms with E-state index in [1.807, 2.05) is 42.5 Å². The minimum Gasteiger partial charge on any atom is -0.504 e. The van der Waals surface area contributed by atoms with E-state index in [4.69, 9.17) is 4.42 Å². The minimum absolute atomic E-state index is 0.0578. The first-order chi connectivity index (χ1) is 36.6. The van der Waals surface area contributed by atoms with E-state index in [9.17, 15) is 71.5 Å². The summed E-state index contributed by atoms with van der Waals surface area (Å²) in [5.41, 5.74) is 0.964. The molecule has 0 unspecified atom stereocenters. The Morgan fingerprint density at radius 3 is 1.33 bits per heavy atom. The molecule has 3 heterocycles. The van der Waals surface area contributed by atoms with Gasteiger partial charge in [0, 0.05) is 32.6 Å². The van der Waals surface area contributed by atoms with Gasteiger partial charge < -0.3 is 80.5 Å². The molecule has 14 N–H and O–H groups in total. The summed E-state index contributed by atoms with van der Waals surface area (Å²) in [4.78, 5) is 13.1. The molecule has 0 saturated heterocycles. The molecule has 19 heteroatoms. The zero-order valence-electron chi connectivity index (χ0n) is 38.5. The Hall–Kier alpha value is -11.2. The van der Waals surface area contributed by atoms with Crippen molar-refractivity contribution in [3.63, 3.8) is 0 Å². The molecular formula is C57H34N4O15. The van der Waals surface area contributed by atoms with Gasteiger partial charge in [0.25, 0.3) is 0 Å². The van der Waals surface area contributed by atoms with Crippen LogP contribution in [0.3, 0.4) is 0 Å². The number of para-hydroxylation sites is 2. The molecule has 13 aromatic rings. The van der Waals surface area contributed by atoms with Crippen LogP contribution in [-0.2, 0) is 0 Å². The average molecular weight is 1010 g/mol. The third-order valence-corrected chi connectivity index (χ3v) is 14.0. The van der Waals surface area contributed by atoms with Crippen molar-refractivity contribution < 1.29 is 75.9 Å². The number of phenols is 14. The second-order valence-corrected chi connectivity index (χ2v) is 17.9. The van der Waals surface area contributed by atoms with Gasteiger partial charge >= 0.3 is 0 Å². The Balaban J connectivity index is 1.08. The van der Waals surface area contributed by atoms with Crippen molar-refractivity contribution >= 4 is 65.3 Å². The summed E-state index contributed by atoms with van der Waals surface area (Å²) in [7, 11) is 0. The SMILES string of the molecule is Oc1c(O)c(O)c(-c2nc(-c3c(O)c(O)c(-c4c(O)c(O)c(O)c(O)c4O)c(O)c3O)nc(-c3cccc4c3oc3cccc(-c5ccc6c7c5c5ccccc5c5cccc(c57)n6-c5ccccc5)c34)n2)c(O)c1O. The highest BCUT2D eigenvalue weighted by Gasteiger charge is 2.35. The van der Waals surface area contributed by atoms with Crippen LogP contribution in [0.15, 0.2) is 126 Å².